The van der Waals surface area contributed by atoms with Gasteiger partial charge in [-0.2, -0.15) is 0 Å². The van der Waals surface area contributed by atoms with Crippen molar-refractivity contribution < 1.29 is 14.4 Å². The summed E-state index contributed by atoms with van der Waals surface area (Å²) < 4.78 is 0. The maximum Gasteiger partial charge on any atom is 0.255 e. The van der Waals surface area contributed by atoms with Crippen LogP contribution in [0.1, 0.15) is 30.1 Å². The number of carbonyl (C=O) groups excluding carboxylic acids is 3. The maximum atomic E-state index is 12.4. The molecule has 0 spiro atoms. The van der Waals surface area contributed by atoms with Crippen LogP contribution in [0.5, 0.6) is 0 Å². The SMILES string of the molecule is CC(=O)CCC(=O)N1CCN(C(=O)c2ccccc2Cl)CC1. The minimum absolute atomic E-state index is 0.0147. The van der Waals surface area contributed by atoms with Crippen molar-refractivity contribution in [2.45, 2.75) is 19.8 Å². The van der Waals surface area contributed by atoms with Crippen LogP contribution in [0.3, 0.4) is 0 Å². The molecule has 1 fully saturated rings. The zero-order valence-electron chi connectivity index (χ0n) is 12.5. The monoisotopic (exact) mass is 322 g/mol. The number of hydrogen-bond acceptors (Lipinski definition) is 3. The molecular formula is C16H19ClN2O3. The lowest BCUT2D eigenvalue weighted by atomic mass is 10.1. The molecule has 0 N–H and O–H groups in total. The summed E-state index contributed by atoms with van der Waals surface area (Å²) >= 11 is 6.04. The van der Waals surface area contributed by atoms with Crippen molar-refractivity contribution in [3.63, 3.8) is 0 Å². The summed E-state index contributed by atoms with van der Waals surface area (Å²) in [6.45, 7) is 3.43. The fourth-order valence-corrected chi connectivity index (χ4v) is 2.62. The molecule has 0 atom stereocenters. The number of ketones is 1. The summed E-state index contributed by atoms with van der Waals surface area (Å²) in [6.07, 6.45) is 0.519. The van der Waals surface area contributed by atoms with Crippen molar-refractivity contribution in [3.05, 3.63) is 34.9 Å². The molecule has 1 aromatic rings. The quantitative estimate of drug-likeness (QED) is 0.852. The Morgan fingerprint density at radius 3 is 2.18 bits per heavy atom. The summed E-state index contributed by atoms with van der Waals surface area (Å²) in [7, 11) is 0. The van der Waals surface area contributed by atoms with Gasteiger partial charge in [-0.05, 0) is 19.1 Å². The Bertz CT molecular complexity index is 581. The number of hydrogen-bond donors (Lipinski definition) is 0. The zero-order valence-corrected chi connectivity index (χ0v) is 13.3. The third-order valence-corrected chi connectivity index (χ3v) is 4.04. The van der Waals surface area contributed by atoms with Crippen LogP contribution in [0.25, 0.3) is 0 Å². The van der Waals surface area contributed by atoms with Crippen LogP contribution in [0.4, 0.5) is 0 Å². The second kappa shape index (κ2) is 7.40. The first kappa shape index (κ1) is 16.5. The van der Waals surface area contributed by atoms with E-state index in [2.05, 4.69) is 0 Å². The van der Waals surface area contributed by atoms with Gasteiger partial charge in [0.2, 0.25) is 5.91 Å². The van der Waals surface area contributed by atoms with E-state index in [9.17, 15) is 14.4 Å². The highest BCUT2D eigenvalue weighted by Gasteiger charge is 2.25. The molecule has 1 heterocycles. The minimum atomic E-state index is -0.110. The zero-order chi connectivity index (χ0) is 16.1. The van der Waals surface area contributed by atoms with Gasteiger partial charge in [-0.1, -0.05) is 23.7 Å². The molecule has 2 rings (SSSR count). The number of benzene rings is 1. The molecule has 1 aliphatic heterocycles. The molecule has 118 valence electrons. The van der Waals surface area contributed by atoms with E-state index in [1.165, 1.54) is 6.92 Å². The van der Waals surface area contributed by atoms with Crippen LogP contribution in [0, 0.1) is 0 Å². The average Bonchev–Trinajstić information content (AvgIpc) is 2.52. The first-order valence-corrected chi connectivity index (χ1v) is 7.68. The topological polar surface area (TPSA) is 57.7 Å². The number of carbonyl (C=O) groups is 3. The van der Waals surface area contributed by atoms with E-state index in [0.29, 0.717) is 36.8 Å². The molecule has 6 heteroatoms. The smallest absolute Gasteiger partial charge is 0.255 e. The van der Waals surface area contributed by atoms with E-state index >= 15 is 0 Å². The van der Waals surface area contributed by atoms with E-state index in [1.807, 2.05) is 0 Å². The molecule has 0 unspecified atom stereocenters. The second-order valence-corrected chi connectivity index (χ2v) is 5.76. The summed E-state index contributed by atoms with van der Waals surface area (Å²) in [6, 6.07) is 6.96. The van der Waals surface area contributed by atoms with Gasteiger partial charge in [0, 0.05) is 39.0 Å². The molecule has 1 aromatic carbocycles. The lowest BCUT2D eigenvalue weighted by Crippen LogP contribution is -2.50. The molecule has 0 radical (unpaired) electrons. The Balaban J connectivity index is 1.89. The fourth-order valence-electron chi connectivity index (χ4n) is 2.41. The van der Waals surface area contributed by atoms with E-state index < -0.39 is 0 Å². The molecule has 1 aliphatic rings. The number of nitrogens with zero attached hydrogens (tertiary/aromatic N) is 2. The molecule has 1 saturated heterocycles. The second-order valence-electron chi connectivity index (χ2n) is 5.35. The standard InChI is InChI=1S/C16H19ClN2O3/c1-12(20)6-7-15(21)18-8-10-19(11-9-18)16(22)13-4-2-3-5-14(13)17/h2-5H,6-11H2,1H3. The van der Waals surface area contributed by atoms with Crippen LogP contribution in [0.15, 0.2) is 24.3 Å². The molecule has 0 saturated carbocycles. The van der Waals surface area contributed by atoms with Crippen LogP contribution >= 0.6 is 11.6 Å². The molecule has 0 aliphatic carbocycles. The van der Waals surface area contributed by atoms with Gasteiger partial charge >= 0.3 is 0 Å². The summed E-state index contributed by atoms with van der Waals surface area (Å²) in [5.74, 6) is -0.123. The van der Waals surface area contributed by atoms with Gasteiger partial charge in [0.25, 0.3) is 5.91 Å². The van der Waals surface area contributed by atoms with Gasteiger partial charge < -0.3 is 14.6 Å². The minimum Gasteiger partial charge on any atom is -0.339 e. The predicted molar refractivity (Wildman–Crippen MR) is 83.9 cm³/mol. The molecule has 22 heavy (non-hydrogen) atoms. The number of Topliss-reactive ketones (excluding diaryl/α,β-unsaturated/α-hetero) is 1. The van der Waals surface area contributed by atoms with Crippen LogP contribution < -0.4 is 0 Å². The Morgan fingerprint density at radius 1 is 1.00 bits per heavy atom. The maximum absolute atomic E-state index is 12.4. The van der Waals surface area contributed by atoms with Crippen molar-refractivity contribution in [1.82, 2.24) is 9.80 Å². The Hall–Kier alpha value is -1.88. The first-order chi connectivity index (χ1) is 10.5. The summed E-state index contributed by atoms with van der Waals surface area (Å²) in [5.41, 5.74) is 0.487. The van der Waals surface area contributed by atoms with E-state index in [0.717, 1.165) is 0 Å². The van der Waals surface area contributed by atoms with Gasteiger partial charge in [-0.3, -0.25) is 9.59 Å². The number of rotatable bonds is 4. The van der Waals surface area contributed by atoms with Crippen molar-refractivity contribution in [1.29, 1.82) is 0 Å². The Kier molecular flexibility index (Phi) is 5.55. The fraction of sp³-hybridized carbons (Fsp3) is 0.438. The first-order valence-electron chi connectivity index (χ1n) is 7.30. The van der Waals surface area contributed by atoms with Crippen LogP contribution in [0.2, 0.25) is 5.02 Å². The molecule has 5 nitrogen and oxygen atoms in total. The molecule has 0 bridgehead atoms. The van der Waals surface area contributed by atoms with Gasteiger partial charge in [-0.15, -0.1) is 0 Å². The number of amides is 2. The van der Waals surface area contributed by atoms with Gasteiger partial charge in [-0.25, -0.2) is 0 Å². The summed E-state index contributed by atoms with van der Waals surface area (Å²) in [5, 5.41) is 0.437. The van der Waals surface area contributed by atoms with E-state index in [1.54, 1.807) is 34.1 Å². The predicted octanol–water partition coefficient (Wildman–Crippen LogP) is 1.99. The molecule has 2 amide bonds. The van der Waals surface area contributed by atoms with Gasteiger partial charge in [0.15, 0.2) is 0 Å². The average molecular weight is 323 g/mol. The Morgan fingerprint density at radius 2 is 1.59 bits per heavy atom. The van der Waals surface area contributed by atoms with Gasteiger partial charge in [0.05, 0.1) is 10.6 Å². The van der Waals surface area contributed by atoms with Crippen molar-refractivity contribution in [3.8, 4) is 0 Å². The number of piperazine rings is 1. The normalized spacial score (nSPS) is 14.8. The third kappa shape index (κ3) is 4.07. The van der Waals surface area contributed by atoms with Crippen molar-refractivity contribution >= 4 is 29.2 Å². The van der Waals surface area contributed by atoms with Crippen LogP contribution in [-0.4, -0.2) is 53.6 Å². The lowest BCUT2D eigenvalue weighted by molar-refractivity contribution is -0.134. The highest BCUT2D eigenvalue weighted by Crippen LogP contribution is 2.18. The molecule has 0 aromatic heterocycles. The van der Waals surface area contributed by atoms with E-state index in [-0.39, 0.29) is 30.4 Å². The summed E-state index contributed by atoms with van der Waals surface area (Å²) in [4.78, 5) is 38.7. The largest absolute Gasteiger partial charge is 0.339 e. The molecular weight excluding hydrogens is 304 g/mol. The van der Waals surface area contributed by atoms with E-state index in [4.69, 9.17) is 11.6 Å². The van der Waals surface area contributed by atoms with Crippen molar-refractivity contribution in [2.24, 2.45) is 0 Å². The van der Waals surface area contributed by atoms with Gasteiger partial charge in [0.1, 0.15) is 5.78 Å². The third-order valence-electron chi connectivity index (χ3n) is 3.71. The van der Waals surface area contributed by atoms with Crippen molar-refractivity contribution in [2.75, 3.05) is 26.2 Å². The number of halogens is 1. The van der Waals surface area contributed by atoms with Crippen LogP contribution in [-0.2, 0) is 9.59 Å². The highest BCUT2D eigenvalue weighted by atomic mass is 35.5. The highest BCUT2D eigenvalue weighted by molar-refractivity contribution is 6.33. The Labute approximate surface area is 134 Å². The lowest BCUT2D eigenvalue weighted by Gasteiger charge is -2.35.